The lowest BCUT2D eigenvalue weighted by Gasteiger charge is -2.28. The fourth-order valence-electron chi connectivity index (χ4n) is 8.76. The number of ether oxygens (including phenoxy) is 19. The summed E-state index contributed by atoms with van der Waals surface area (Å²) in [6, 6.07) is 6.69. The van der Waals surface area contributed by atoms with Crippen molar-refractivity contribution in [1.29, 1.82) is 0 Å². The van der Waals surface area contributed by atoms with Crippen LogP contribution in [0.4, 0.5) is 5.69 Å². The minimum absolute atomic E-state index is 0.000811. The lowest BCUT2D eigenvalue weighted by molar-refractivity contribution is -0.385. The number of nitro groups is 1. The van der Waals surface area contributed by atoms with Crippen molar-refractivity contribution < 1.29 is 124 Å². The third kappa shape index (κ3) is 37.5. The van der Waals surface area contributed by atoms with E-state index in [1.54, 1.807) is 28.1 Å². The van der Waals surface area contributed by atoms with Crippen molar-refractivity contribution in [1.82, 2.24) is 10.6 Å². The fraction of sp³-hybridized carbons (Fsp3) is 0.727. The molecule has 558 valence electrons. The average Bonchev–Trinajstić information content (AvgIpc) is 0.830. The molecule has 3 atom stereocenters. The molecule has 4 aliphatic heterocycles. The molecule has 30 nitrogen and oxygen atoms in total. The molecule has 0 aliphatic carbocycles. The number of amides is 2. The molecule has 2 aromatic rings. The molecule has 2 N–H and O–H groups in total. The maximum absolute atomic E-state index is 12.9. The van der Waals surface area contributed by atoms with E-state index in [0.717, 1.165) is 5.56 Å². The first-order chi connectivity index (χ1) is 47.4. The lowest BCUT2D eigenvalue weighted by Crippen LogP contribution is -2.43. The number of hydrogen-bond acceptors (Lipinski definition) is 29. The van der Waals surface area contributed by atoms with E-state index < -0.39 is 45.7 Å². The van der Waals surface area contributed by atoms with Crippen molar-refractivity contribution in [3.05, 3.63) is 51.6 Å². The van der Waals surface area contributed by atoms with Gasteiger partial charge in [-0.05, 0) is 63.8 Å². The van der Waals surface area contributed by atoms with E-state index >= 15 is 0 Å². The maximum Gasteiger partial charge on any atom is 0.329 e. The van der Waals surface area contributed by atoms with Crippen molar-refractivity contribution in [2.45, 2.75) is 89.8 Å². The van der Waals surface area contributed by atoms with Gasteiger partial charge in [0.15, 0.2) is 23.0 Å². The number of methoxy groups -OCH3 is 4. The minimum Gasteiger partial charge on any atom is -0.487 e. The molecule has 0 radical (unpaired) electrons. The number of hydrogen-bond donors (Lipinski definition) is 2. The predicted molar refractivity (Wildman–Crippen MR) is 360 cm³/mol. The molecule has 4 heterocycles. The highest BCUT2D eigenvalue weighted by molar-refractivity contribution is 7.98. The van der Waals surface area contributed by atoms with Crippen LogP contribution in [-0.4, -0.2) is 264 Å². The fourth-order valence-corrected chi connectivity index (χ4v) is 10.8. The van der Waals surface area contributed by atoms with Crippen LogP contribution in [0, 0.1) is 20.9 Å². The number of thioether (sulfide) groups is 2. The molecule has 98 heavy (non-hydrogen) atoms. The smallest absolute Gasteiger partial charge is 0.329 e. The Hall–Kier alpha value is -5.88. The van der Waals surface area contributed by atoms with Crippen LogP contribution in [0.1, 0.15) is 77.3 Å². The minimum atomic E-state index is -1.01. The molecule has 3 unspecified atom stereocenters. The Kier molecular flexibility index (Phi) is 46.7. The van der Waals surface area contributed by atoms with Gasteiger partial charge in [-0.25, -0.2) is 9.59 Å². The lowest BCUT2D eigenvalue weighted by atomic mass is 9.79. The first-order valence-electron chi connectivity index (χ1n) is 32.8. The van der Waals surface area contributed by atoms with Crippen LogP contribution < -0.4 is 29.6 Å². The summed E-state index contributed by atoms with van der Waals surface area (Å²) in [5.41, 5.74) is -0.411. The van der Waals surface area contributed by atoms with E-state index in [-0.39, 0.29) is 132 Å². The van der Waals surface area contributed by atoms with Gasteiger partial charge in [0.1, 0.15) is 51.7 Å². The third-order valence-electron chi connectivity index (χ3n) is 14.6. The highest BCUT2D eigenvalue weighted by Gasteiger charge is 2.36. The van der Waals surface area contributed by atoms with Crippen LogP contribution >= 0.6 is 23.5 Å². The SMILES string of the molecule is CCC(C)(CCCC(C)(C)C(=O)OCCOCCOc1cc2c([N+](=O)[O-])cc1OCCOCCOCCOCCOCCC(=O)NC(C(=O)OC)CSC2)C(=O)OCCOC.COCCOc1cc2ccc1OCCOCCOCCOCCOCCC(=O)NC(C(=O)OC)CSC2. The number of nitro benzene ring substituents is 1. The normalized spacial score (nSPS) is 18.7. The van der Waals surface area contributed by atoms with Crippen LogP contribution in [0.5, 0.6) is 23.0 Å². The Bertz CT molecular complexity index is 2590. The topological polar surface area (TPSA) is 345 Å². The van der Waals surface area contributed by atoms with Crippen LogP contribution in [0.2, 0.25) is 0 Å². The molecule has 2 amide bonds. The Morgan fingerprint density at radius 1 is 0.541 bits per heavy atom. The first kappa shape index (κ1) is 86.3. The molecular weight excluding hydrogens is 1330 g/mol. The van der Waals surface area contributed by atoms with Gasteiger partial charge < -0.3 is 101 Å². The predicted octanol–water partition coefficient (Wildman–Crippen LogP) is 5.53. The number of rotatable bonds is 24. The van der Waals surface area contributed by atoms with E-state index in [4.69, 9.17) is 90.0 Å². The van der Waals surface area contributed by atoms with Crippen molar-refractivity contribution in [3.63, 3.8) is 0 Å². The monoisotopic (exact) mass is 1440 g/mol. The second-order valence-electron chi connectivity index (χ2n) is 22.6. The van der Waals surface area contributed by atoms with E-state index in [1.807, 2.05) is 32.0 Å². The van der Waals surface area contributed by atoms with Crippen molar-refractivity contribution >= 4 is 64.9 Å². The molecule has 2 aromatic carbocycles. The van der Waals surface area contributed by atoms with E-state index in [2.05, 4.69) is 10.6 Å². The quantitative estimate of drug-likeness (QED) is 0.0326. The van der Waals surface area contributed by atoms with Crippen molar-refractivity contribution in [3.8, 4) is 23.0 Å². The number of nitrogens with one attached hydrogen (secondary N) is 2. The molecule has 4 bridgehead atoms. The molecule has 0 spiro atoms. The summed E-state index contributed by atoms with van der Waals surface area (Å²) >= 11 is 2.68. The number of esters is 4. The summed E-state index contributed by atoms with van der Waals surface area (Å²) < 4.78 is 104. The zero-order valence-corrected chi connectivity index (χ0v) is 59.9. The Morgan fingerprint density at radius 2 is 0.980 bits per heavy atom. The van der Waals surface area contributed by atoms with Gasteiger partial charge in [0.05, 0.1) is 168 Å². The molecule has 4 aliphatic rings. The van der Waals surface area contributed by atoms with Crippen LogP contribution in [0.3, 0.4) is 0 Å². The van der Waals surface area contributed by atoms with Crippen molar-refractivity contribution in [2.75, 3.05) is 212 Å². The molecular formula is C66H105N3O27S2. The van der Waals surface area contributed by atoms with Crippen LogP contribution in [0.15, 0.2) is 30.3 Å². The zero-order valence-electron chi connectivity index (χ0n) is 58.3. The van der Waals surface area contributed by atoms with Gasteiger partial charge >= 0.3 is 23.9 Å². The second-order valence-corrected chi connectivity index (χ2v) is 24.7. The van der Waals surface area contributed by atoms with Crippen molar-refractivity contribution in [2.24, 2.45) is 10.8 Å². The summed E-state index contributed by atoms with van der Waals surface area (Å²) in [4.78, 5) is 86.8. The van der Waals surface area contributed by atoms with E-state index in [1.165, 1.54) is 49.9 Å². The van der Waals surface area contributed by atoms with Gasteiger partial charge in [0, 0.05) is 55.6 Å². The third-order valence-corrected chi connectivity index (χ3v) is 16.8. The standard InChI is InChI=1S/C41H66N2O17S.C25H39NO10S/c1-7-41(4,39(47)60-23-13-50-5)11-8-10-40(2,3)38(46)59-26-22-56-21-24-57-34-27-31-29-61-30-32(37(45)51-6)42-36(44)9-12-52-14-15-53-16-17-54-18-19-55-20-25-58-35(34)28-33(31)43(48)49;1-29-7-15-36-23-17-20-3-4-22(23)35-16-14-34-13-12-33-11-10-32-9-8-31-6-5-24(27)26-21(19-37-18-20)25(28)30-2/h27-28,32H,7-26,29-30H2,1-6H3,(H,42,44);3-4,17,21H,5-16,18-19H2,1-2H3,(H,26,27). The van der Waals surface area contributed by atoms with Crippen LogP contribution in [0.25, 0.3) is 0 Å². The summed E-state index contributed by atoms with van der Waals surface area (Å²) in [6.07, 6.45) is 2.42. The van der Waals surface area contributed by atoms with Gasteiger partial charge in [-0.15, -0.1) is 0 Å². The van der Waals surface area contributed by atoms with Gasteiger partial charge in [-0.3, -0.25) is 29.3 Å². The Morgan fingerprint density at radius 3 is 1.48 bits per heavy atom. The van der Waals surface area contributed by atoms with Crippen LogP contribution in [-0.2, 0) is 111 Å². The van der Waals surface area contributed by atoms with Gasteiger partial charge in [-0.1, -0.05) is 19.4 Å². The van der Waals surface area contributed by atoms with E-state index in [9.17, 15) is 38.9 Å². The molecule has 0 saturated carbocycles. The Balaban J connectivity index is 0.000000575. The largest absolute Gasteiger partial charge is 0.487 e. The van der Waals surface area contributed by atoms with E-state index in [0.29, 0.717) is 153 Å². The molecule has 0 fully saturated rings. The Labute approximate surface area is 583 Å². The number of fused-ring (bicyclic) bond motifs is 44. The number of carbonyl (C=O) groups is 6. The first-order valence-corrected chi connectivity index (χ1v) is 35.1. The molecule has 32 heteroatoms. The van der Waals surface area contributed by atoms with Gasteiger partial charge in [0.25, 0.3) is 5.69 Å². The van der Waals surface area contributed by atoms with Gasteiger partial charge in [0.2, 0.25) is 11.8 Å². The second kappa shape index (κ2) is 53.0. The highest BCUT2D eigenvalue weighted by atomic mass is 32.2. The molecule has 0 saturated heterocycles. The summed E-state index contributed by atoms with van der Waals surface area (Å²) in [6.45, 7) is 14.8. The number of nitrogens with zero attached hydrogens (tertiary/aromatic N) is 1. The summed E-state index contributed by atoms with van der Waals surface area (Å²) in [7, 11) is 5.66. The van der Waals surface area contributed by atoms with Gasteiger partial charge in [-0.2, -0.15) is 23.5 Å². The highest BCUT2D eigenvalue weighted by Crippen LogP contribution is 2.38. The maximum atomic E-state index is 12.9. The molecule has 0 aromatic heterocycles. The molecule has 6 rings (SSSR count). The zero-order chi connectivity index (χ0) is 71.5. The average molecular weight is 1440 g/mol. The summed E-state index contributed by atoms with van der Waals surface area (Å²) in [5, 5.41) is 17.6. The summed E-state index contributed by atoms with van der Waals surface area (Å²) in [5.74, 6) is 0.0944. The number of carbonyl (C=O) groups excluding carboxylic acids is 6. The number of benzene rings is 2.